The van der Waals surface area contributed by atoms with Crippen LogP contribution >= 0.6 is 36.2 Å². The lowest BCUT2D eigenvalue weighted by molar-refractivity contribution is -0.122. The first-order valence-electron chi connectivity index (χ1n) is 4.89. The Morgan fingerprint density at radius 3 is 2.53 bits per heavy atom. The number of nitrogens with zero attached hydrogens (tertiary/aromatic N) is 1. The lowest BCUT2D eigenvalue weighted by Crippen LogP contribution is -2.41. The van der Waals surface area contributed by atoms with Gasteiger partial charge in [-0.25, -0.2) is 4.98 Å². The number of carbonyl (C=O) groups is 1. The van der Waals surface area contributed by atoms with Crippen LogP contribution in [0, 0.1) is 6.92 Å². The van der Waals surface area contributed by atoms with Gasteiger partial charge in [-0.15, -0.1) is 36.2 Å². The highest BCUT2D eigenvalue weighted by Gasteiger charge is 2.25. The zero-order chi connectivity index (χ0) is 11.5. The molecule has 3 N–H and O–H groups in total. The Bertz CT molecular complexity index is 355. The Balaban J connectivity index is 0. The van der Waals surface area contributed by atoms with Gasteiger partial charge in [0, 0.05) is 24.0 Å². The summed E-state index contributed by atoms with van der Waals surface area (Å²) >= 11 is 1.60. The predicted molar refractivity (Wildman–Crippen MR) is 76.2 cm³/mol. The highest BCUT2D eigenvalue weighted by molar-refractivity contribution is 7.11. The van der Waals surface area contributed by atoms with Crippen molar-refractivity contribution >= 4 is 42.1 Å². The maximum Gasteiger partial charge on any atom is 0.222 e. The Kier molecular flexibility index (Phi) is 8.79. The van der Waals surface area contributed by atoms with Gasteiger partial charge in [0.05, 0.1) is 5.54 Å². The lowest BCUT2D eigenvalue weighted by atomic mass is 10.1. The third-order valence-electron chi connectivity index (χ3n) is 1.98. The standard InChI is InChI=1S/C10H17N3OS.2ClH/c1-7-6-12-9(15-7)10(2,3)13-8(14)4-5-11;;/h6H,4-5,11H2,1-3H3,(H,13,14);2*1H. The van der Waals surface area contributed by atoms with Crippen LogP contribution in [0.4, 0.5) is 0 Å². The predicted octanol–water partition coefficient (Wildman–Crippen LogP) is 2.00. The lowest BCUT2D eigenvalue weighted by Gasteiger charge is -2.23. The van der Waals surface area contributed by atoms with E-state index in [0.717, 1.165) is 9.88 Å². The number of amides is 1. The molecular weight excluding hydrogens is 281 g/mol. The molecule has 100 valence electrons. The van der Waals surface area contributed by atoms with Gasteiger partial charge < -0.3 is 11.1 Å². The van der Waals surface area contributed by atoms with Crippen LogP contribution in [-0.4, -0.2) is 17.4 Å². The van der Waals surface area contributed by atoms with Crippen molar-refractivity contribution in [2.75, 3.05) is 6.54 Å². The Labute approximate surface area is 118 Å². The maximum absolute atomic E-state index is 11.4. The zero-order valence-corrected chi connectivity index (χ0v) is 12.6. The average Bonchev–Trinajstić information content (AvgIpc) is 2.51. The molecule has 7 heteroatoms. The minimum absolute atomic E-state index is 0. The normalized spacial score (nSPS) is 10.1. The first kappa shape index (κ1) is 19.0. The second-order valence-corrected chi connectivity index (χ2v) is 5.22. The van der Waals surface area contributed by atoms with Gasteiger partial charge in [0.2, 0.25) is 5.91 Å². The fourth-order valence-corrected chi connectivity index (χ4v) is 2.06. The highest BCUT2D eigenvalue weighted by atomic mass is 35.5. The first-order chi connectivity index (χ1) is 6.95. The summed E-state index contributed by atoms with van der Waals surface area (Å²) in [5.74, 6) is -0.0321. The van der Waals surface area contributed by atoms with Gasteiger partial charge in [-0.3, -0.25) is 4.79 Å². The van der Waals surface area contributed by atoms with Crippen molar-refractivity contribution in [3.8, 4) is 0 Å². The van der Waals surface area contributed by atoms with E-state index in [1.807, 2.05) is 27.0 Å². The number of nitrogens with one attached hydrogen (secondary N) is 1. The number of halogens is 2. The summed E-state index contributed by atoms with van der Waals surface area (Å²) in [6.07, 6.45) is 2.17. The molecule has 17 heavy (non-hydrogen) atoms. The summed E-state index contributed by atoms with van der Waals surface area (Å²) in [7, 11) is 0. The fourth-order valence-electron chi connectivity index (χ4n) is 1.24. The maximum atomic E-state index is 11.4. The highest BCUT2D eigenvalue weighted by Crippen LogP contribution is 2.24. The van der Waals surface area contributed by atoms with Crippen molar-refractivity contribution in [3.05, 3.63) is 16.1 Å². The van der Waals surface area contributed by atoms with Crippen molar-refractivity contribution < 1.29 is 4.79 Å². The average molecular weight is 300 g/mol. The quantitative estimate of drug-likeness (QED) is 0.893. The number of aromatic nitrogens is 1. The SMILES string of the molecule is Cc1cnc(C(C)(C)NC(=O)CCN)s1.Cl.Cl. The molecule has 0 fully saturated rings. The van der Waals surface area contributed by atoms with Crippen LogP contribution in [0.25, 0.3) is 0 Å². The van der Waals surface area contributed by atoms with Crippen molar-refractivity contribution in [1.29, 1.82) is 0 Å². The van der Waals surface area contributed by atoms with Gasteiger partial charge in [0.1, 0.15) is 5.01 Å². The van der Waals surface area contributed by atoms with Crippen molar-refractivity contribution in [2.45, 2.75) is 32.7 Å². The zero-order valence-electron chi connectivity index (χ0n) is 10.1. The number of hydrogen-bond acceptors (Lipinski definition) is 4. The van der Waals surface area contributed by atoms with Gasteiger partial charge in [-0.05, 0) is 20.8 Å². The smallest absolute Gasteiger partial charge is 0.222 e. The first-order valence-corrected chi connectivity index (χ1v) is 5.71. The number of aryl methyl sites for hydroxylation is 1. The molecule has 0 spiro atoms. The van der Waals surface area contributed by atoms with E-state index < -0.39 is 5.54 Å². The monoisotopic (exact) mass is 299 g/mol. The molecule has 0 saturated carbocycles. The summed E-state index contributed by atoms with van der Waals surface area (Å²) in [4.78, 5) is 16.8. The summed E-state index contributed by atoms with van der Waals surface area (Å²) < 4.78 is 0. The molecule has 1 aromatic rings. The van der Waals surface area contributed by atoms with E-state index in [2.05, 4.69) is 10.3 Å². The third-order valence-corrected chi connectivity index (χ3v) is 3.22. The van der Waals surface area contributed by atoms with Crippen molar-refractivity contribution in [3.63, 3.8) is 0 Å². The molecule has 0 atom stereocenters. The third kappa shape index (κ3) is 5.68. The summed E-state index contributed by atoms with van der Waals surface area (Å²) in [5.41, 5.74) is 4.91. The Morgan fingerprint density at radius 1 is 1.53 bits per heavy atom. The number of rotatable bonds is 4. The molecule has 0 radical (unpaired) electrons. The fraction of sp³-hybridized carbons (Fsp3) is 0.600. The van der Waals surface area contributed by atoms with Crippen LogP contribution in [-0.2, 0) is 10.3 Å². The number of nitrogens with two attached hydrogens (primary N) is 1. The summed E-state index contributed by atoms with van der Waals surface area (Å²) in [5, 5.41) is 3.84. The minimum atomic E-state index is -0.412. The largest absolute Gasteiger partial charge is 0.345 e. The van der Waals surface area contributed by atoms with Crippen LogP contribution in [0.15, 0.2) is 6.20 Å². The van der Waals surface area contributed by atoms with Gasteiger partial charge in [0.15, 0.2) is 0 Å². The van der Waals surface area contributed by atoms with Crippen LogP contribution < -0.4 is 11.1 Å². The van der Waals surface area contributed by atoms with Crippen LogP contribution in [0.2, 0.25) is 0 Å². The van der Waals surface area contributed by atoms with E-state index in [0.29, 0.717) is 13.0 Å². The molecule has 4 nitrogen and oxygen atoms in total. The topological polar surface area (TPSA) is 68.0 Å². The van der Waals surface area contributed by atoms with Gasteiger partial charge in [0.25, 0.3) is 0 Å². The molecule has 0 unspecified atom stereocenters. The van der Waals surface area contributed by atoms with Gasteiger partial charge in [-0.2, -0.15) is 0 Å². The molecule has 1 amide bonds. The molecule has 0 saturated heterocycles. The second kappa shape index (κ2) is 7.87. The van der Waals surface area contributed by atoms with E-state index in [1.54, 1.807) is 11.3 Å². The summed E-state index contributed by atoms with van der Waals surface area (Å²) in [6, 6.07) is 0. The molecule has 1 heterocycles. The van der Waals surface area contributed by atoms with Crippen molar-refractivity contribution in [2.24, 2.45) is 5.73 Å². The molecular formula is C10H19Cl2N3OS. The molecule has 0 bridgehead atoms. The van der Waals surface area contributed by atoms with E-state index in [4.69, 9.17) is 5.73 Å². The second-order valence-electron chi connectivity index (χ2n) is 3.99. The number of thiazole rings is 1. The van der Waals surface area contributed by atoms with E-state index in [9.17, 15) is 4.79 Å². The summed E-state index contributed by atoms with van der Waals surface area (Å²) in [6.45, 7) is 6.26. The Morgan fingerprint density at radius 2 is 2.12 bits per heavy atom. The molecule has 0 aliphatic rings. The molecule has 0 aliphatic carbocycles. The molecule has 1 rings (SSSR count). The van der Waals surface area contributed by atoms with E-state index in [-0.39, 0.29) is 30.7 Å². The van der Waals surface area contributed by atoms with Crippen LogP contribution in [0.3, 0.4) is 0 Å². The Hall–Kier alpha value is -0.360. The van der Waals surface area contributed by atoms with Crippen LogP contribution in [0.5, 0.6) is 0 Å². The minimum Gasteiger partial charge on any atom is -0.345 e. The van der Waals surface area contributed by atoms with E-state index >= 15 is 0 Å². The number of carbonyl (C=O) groups excluding carboxylic acids is 1. The van der Waals surface area contributed by atoms with Gasteiger partial charge >= 0.3 is 0 Å². The van der Waals surface area contributed by atoms with Crippen molar-refractivity contribution in [1.82, 2.24) is 10.3 Å². The molecule has 0 aliphatic heterocycles. The molecule has 0 aromatic carbocycles. The van der Waals surface area contributed by atoms with E-state index in [1.165, 1.54) is 0 Å². The molecule has 1 aromatic heterocycles. The van der Waals surface area contributed by atoms with Gasteiger partial charge in [-0.1, -0.05) is 0 Å². The number of hydrogen-bond donors (Lipinski definition) is 2. The van der Waals surface area contributed by atoms with Crippen LogP contribution in [0.1, 0.15) is 30.2 Å².